The van der Waals surface area contributed by atoms with Crippen molar-refractivity contribution in [2.75, 3.05) is 11.5 Å². The first-order valence-electron chi connectivity index (χ1n) is 3.77. The zero-order valence-corrected chi connectivity index (χ0v) is 8.44. The van der Waals surface area contributed by atoms with Gasteiger partial charge in [0.05, 0.1) is 16.6 Å². The summed E-state index contributed by atoms with van der Waals surface area (Å²) >= 11 is 3.51. The van der Waals surface area contributed by atoms with Gasteiger partial charge in [0.15, 0.2) is 6.33 Å². The third-order valence-electron chi connectivity index (χ3n) is 1.59. The van der Waals surface area contributed by atoms with E-state index in [1.54, 1.807) is 46.8 Å². The van der Waals surface area contributed by atoms with Gasteiger partial charge in [-0.1, -0.05) is 6.57 Å². The SMILES string of the molecule is [C-]#[N+]C(=C1SCCS1)n1ccnc1. The summed E-state index contributed by atoms with van der Waals surface area (Å²) in [6, 6.07) is 0. The maximum absolute atomic E-state index is 7.09. The van der Waals surface area contributed by atoms with Gasteiger partial charge in [0.1, 0.15) is 0 Å². The molecule has 13 heavy (non-hydrogen) atoms. The number of aromatic nitrogens is 2. The second-order valence-corrected chi connectivity index (χ2v) is 4.86. The van der Waals surface area contributed by atoms with Crippen LogP contribution in [0.3, 0.4) is 0 Å². The van der Waals surface area contributed by atoms with Crippen molar-refractivity contribution in [2.24, 2.45) is 0 Å². The molecule has 2 heterocycles. The van der Waals surface area contributed by atoms with Crippen LogP contribution in [0.1, 0.15) is 0 Å². The Morgan fingerprint density at radius 1 is 1.54 bits per heavy atom. The smallest absolute Gasteiger partial charge is 0.255 e. The predicted octanol–water partition coefficient (Wildman–Crippen LogP) is 2.37. The summed E-state index contributed by atoms with van der Waals surface area (Å²) < 4.78 is 2.89. The molecule has 0 radical (unpaired) electrons. The van der Waals surface area contributed by atoms with Gasteiger partial charge in [0.25, 0.3) is 5.82 Å². The van der Waals surface area contributed by atoms with E-state index in [0.29, 0.717) is 5.82 Å². The lowest BCUT2D eigenvalue weighted by Crippen LogP contribution is -1.89. The number of imidazole rings is 1. The standard InChI is InChI=1S/C8H7N3S2/c1-9-7(8-12-4-5-13-8)11-3-2-10-6-11/h2-3,6H,4-5H2. The Morgan fingerprint density at radius 2 is 2.31 bits per heavy atom. The van der Waals surface area contributed by atoms with Gasteiger partial charge in [-0.3, -0.25) is 4.57 Å². The summed E-state index contributed by atoms with van der Waals surface area (Å²) in [6.07, 6.45) is 5.16. The first-order chi connectivity index (χ1) is 6.42. The van der Waals surface area contributed by atoms with Gasteiger partial charge < -0.3 is 4.85 Å². The molecule has 1 aromatic rings. The molecule has 0 aliphatic carbocycles. The summed E-state index contributed by atoms with van der Waals surface area (Å²) in [7, 11) is 0. The third-order valence-corrected chi connectivity index (χ3v) is 4.26. The zero-order chi connectivity index (χ0) is 9.10. The average molecular weight is 209 g/mol. The molecular formula is C8H7N3S2. The largest absolute Gasteiger partial charge is 0.362 e. The number of thioether (sulfide) groups is 2. The van der Waals surface area contributed by atoms with E-state index in [1.807, 2.05) is 0 Å². The lowest BCUT2D eigenvalue weighted by atomic mass is 10.7. The van der Waals surface area contributed by atoms with Crippen LogP contribution >= 0.6 is 23.5 Å². The van der Waals surface area contributed by atoms with Crippen molar-refractivity contribution in [1.29, 1.82) is 0 Å². The van der Waals surface area contributed by atoms with Crippen LogP contribution in [-0.4, -0.2) is 21.1 Å². The molecule has 0 spiro atoms. The first-order valence-corrected chi connectivity index (χ1v) is 5.74. The maximum atomic E-state index is 7.09. The molecule has 66 valence electrons. The second kappa shape index (κ2) is 3.90. The lowest BCUT2D eigenvalue weighted by Gasteiger charge is -2.01. The van der Waals surface area contributed by atoms with Crippen molar-refractivity contribution < 1.29 is 0 Å². The fourth-order valence-electron chi connectivity index (χ4n) is 1.03. The average Bonchev–Trinajstić information content (AvgIpc) is 2.76. The van der Waals surface area contributed by atoms with E-state index < -0.39 is 0 Å². The Bertz CT molecular complexity index is 353. The number of nitrogens with zero attached hydrogens (tertiary/aromatic N) is 3. The highest BCUT2D eigenvalue weighted by Gasteiger charge is 2.14. The molecule has 0 atom stereocenters. The summed E-state index contributed by atoms with van der Waals surface area (Å²) in [6.45, 7) is 7.09. The molecule has 1 fully saturated rings. The molecule has 0 bridgehead atoms. The Morgan fingerprint density at radius 3 is 2.85 bits per heavy atom. The zero-order valence-electron chi connectivity index (χ0n) is 6.80. The molecule has 5 heteroatoms. The van der Waals surface area contributed by atoms with Gasteiger partial charge >= 0.3 is 0 Å². The van der Waals surface area contributed by atoms with Crippen LogP contribution in [0.4, 0.5) is 0 Å². The molecule has 1 saturated heterocycles. The van der Waals surface area contributed by atoms with Crippen LogP contribution in [0.15, 0.2) is 23.0 Å². The molecule has 1 aromatic heterocycles. The molecule has 0 N–H and O–H groups in total. The minimum Gasteiger partial charge on any atom is -0.362 e. The van der Waals surface area contributed by atoms with E-state index in [1.165, 1.54) is 0 Å². The molecular weight excluding hydrogens is 202 g/mol. The minimum absolute atomic E-state index is 0.685. The van der Waals surface area contributed by atoms with Crippen molar-refractivity contribution in [2.45, 2.75) is 0 Å². The molecule has 0 unspecified atom stereocenters. The van der Waals surface area contributed by atoms with E-state index >= 15 is 0 Å². The molecule has 3 nitrogen and oxygen atoms in total. The van der Waals surface area contributed by atoms with Crippen LogP contribution in [-0.2, 0) is 0 Å². The van der Waals surface area contributed by atoms with Gasteiger partial charge in [-0.2, -0.15) is 0 Å². The van der Waals surface area contributed by atoms with Gasteiger partial charge in [0, 0.05) is 11.5 Å². The van der Waals surface area contributed by atoms with Crippen molar-refractivity contribution in [1.82, 2.24) is 9.55 Å². The highest BCUT2D eigenvalue weighted by atomic mass is 32.2. The van der Waals surface area contributed by atoms with Gasteiger partial charge in [-0.15, -0.1) is 23.5 Å². The Hall–Kier alpha value is -0.860. The van der Waals surface area contributed by atoms with E-state index in [0.717, 1.165) is 15.7 Å². The van der Waals surface area contributed by atoms with Gasteiger partial charge in [0.2, 0.25) is 0 Å². The highest BCUT2D eigenvalue weighted by Crippen LogP contribution is 2.40. The lowest BCUT2D eigenvalue weighted by molar-refractivity contribution is 1.10. The maximum Gasteiger partial charge on any atom is 0.255 e. The number of hydrogen-bond acceptors (Lipinski definition) is 3. The predicted molar refractivity (Wildman–Crippen MR) is 57.0 cm³/mol. The van der Waals surface area contributed by atoms with Crippen molar-refractivity contribution >= 4 is 29.3 Å². The molecule has 1 aliphatic heterocycles. The molecule has 2 rings (SSSR count). The van der Waals surface area contributed by atoms with Crippen LogP contribution < -0.4 is 0 Å². The van der Waals surface area contributed by atoms with E-state index in [9.17, 15) is 0 Å². The van der Waals surface area contributed by atoms with Crippen LogP contribution in [0.5, 0.6) is 0 Å². The normalized spacial score (nSPS) is 15.8. The molecule has 0 aromatic carbocycles. The van der Waals surface area contributed by atoms with Crippen LogP contribution in [0.25, 0.3) is 10.7 Å². The van der Waals surface area contributed by atoms with E-state index in [2.05, 4.69) is 9.83 Å². The molecule has 0 amide bonds. The summed E-state index contributed by atoms with van der Waals surface area (Å²) in [5, 5.41) is 0. The summed E-state index contributed by atoms with van der Waals surface area (Å²) in [5.74, 6) is 2.89. The quantitative estimate of drug-likeness (QED) is 0.663. The monoisotopic (exact) mass is 209 g/mol. The second-order valence-electron chi connectivity index (χ2n) is 2.39. The fourth-order valence-corrected chi connectivity index (χ4v) is 3.46. The molecule has 1 aliphatic rings. The van der Waals surface area contributed by atoms with E-state index in [-0.39, 0.29) is 0 Å². The minimum atomic E-state index is 0.685. The number of rotatable bonds is 1. The molecule has 0 saturated carbocycles. The highest BCUT2D eigenvalue weighted by molar-refractivity contribution is 8.25. The fraction of sp³-hybridized carbons (Fsp3) is 0.250. The Kier molecular flexibility index (Phi) is 2.62. The van der Waals surface area contributed by atoms with E-state index in [4.69, 9.17) is 6.57 Å². The van der Waals surface area contributed by atoms with Crippen molar-refractivity contribution in [3.8, 4) is 0 Å². The van der Waals surface area contributed by atoms with Crippen molar-refractivity contribution in [3.63, 3.8) is 0 Å². The third kappa shape index (κ3) is 1.74. The van der Waals surface area contributed by atoms with Gasteiger partial charge in [-0.25, -0.2) is 4.98 Å². The van der Waals surface area contributed by atoms with Crippen molar-refractivity contribution in [3.05, 3.63) is 34.4 Å². The van der Waals surface area contributed by atoms with Crippen LogP contribution in [0.2, 0.25) is 0 Å². The first kappa shape index (κ1) is 8.73. The number of hydrogen-bond donors (Lipinski definition) is 0. The summed E-state index contributed by atoms with van der Waals surface area (Å²) in [4.78, 5) is 7.45. The van der Waals surface area contributed by atoms with Crippen LogP contribution in [0, 0.1) is 6.57 Å². The summed E-state index contributed by atoms with van der Waals surface area (Å²) in [5.41, 5.74) is 0. The Labute approximate surface area is 85.0 Å². The van der Waals surface area contributed by atoms with Gasteiger partial charge in [-0.05, 0) is 0 Å². The Balaban J connectivity index is 2.39. The topological polar surface area (TPSA) is 22.2 Å².